The molecule has 4 heteroatoms. The first-order valence-electron chi connectivity index (χ1n) is 7.16. The number of hydrogen-bond donors (Lipinski definition) is 1. The maximum atomic E-state index is 9.56. The number of para-hydroxylation sites is 1. The van der Waals surface area contributed by atoms with E-state index in [0.29, 0.717) is 6.04 Å². The molecule has 0 amide bonds. The topological polar surface area (TPSA) is 39.9 Å². The van der Waals surface area contributed by atoms with Gasteiger partial charge in [0.05, 0.1) is 13.2 Å². The summed E-state index contributed by atoms with van der Waals surface area (Å²) in [5, 5.41) is 10.7. The second kappa shape index (κ2) is 5.56. The zero-order chi connectivity index (χ0) is 14.1. The summed E-state index contributed by atoms with van der Waals surface area (Å²) in [5.74, 6) is 0.976. The molecule has 0 bridgehead atoms. The second-order valence-corrected chi connectivity index (χ2v) is 5.87. The summed E-state index contributed by atoms with van der Waals surface area (Å²) in [7, 11) is 4.20. The van der Waals surface area contributed by atoms with E-state index in [1.54, 1.807) is 0 Å². The Balaban J connectivity index is 1.76. The van der Waals surface area contributed by atoms with E-state index in [1.807, 2.05) is 18.2 Å². The SMILES string of the molecule is CN(C)[C@@H]1C[C@@H](CO)N(Cc2cc3ccccc3o2)C1. The summed E-state index contributed by atoms with van der Waals surface area (Å²) in [6.07, 6.45) is 1.02. The van der Waals surface area contributed by atoms with Crippen LogP contribution in [-0.4, -0.2) is 54.2 Å². The second-order valence-electron chi connectivity index (χ2n) is 5.87. The molecular weight excluding hydrogens is 252 g/mol. The van der Waals surface area contributed by atoms with Crippen molar-refractivity contribution in [3.8, 4) is 0 Å². The Morgan fingerprint density at radius 3 is 2.85 bits per heavy atom. The maximum absolute atomic E-state index is 9.56. The number of fused-ring (bicyclic) bond motifs is 1. The van der Waals surface area contributed by atoms with E-state index in [4.69, 9.17) is 4.42 Å². The molecule has 1 N–H and O–H groups in total. The molecule has 4 nitrogen and oxygen atoms in total. The molecule has 0 radical (unpaired) electrons. The van der Waals surface area contributed by atoms with Gasteiger partial charge in [0.15, 0.2) is 0 Å². The molecule has 20 heavy (non-hydrogen) atoms. The normalized spacial score (nSPS) is 24.0. The van der Waals surface area contributed by atoms with Gasteiger partial charge in [0.1, 0.15) is 11.3 Å². The van der Waals surface area contributed by atoms with Crippen molar-refractivity contribution in [3.05, 3.63) is 36.1 Å². The number of aliphatic hydroxyl groups excluding tert-OH is 1. The molecule has 1 fully saturated rings. The largest absolute Gasteiger partial charge is 0.460 e. The van der Waals surface area contributed by atoms with Gasteiger partial charge in [-0.1, -0.05) is 18.2 Å². The van der Waals surface area contributed by atoms with Crippen LogP contribution in [-0.2, 0) is 6.54 Å². The molecule has 1 aliphatic rings. The molecule has 3 rings (SSSR count). The van der Waals surface area contributed by atoms with Crippen LogP contribution in [0.3, 0.4) is 0 Å². The number of nitrogens with zero attached hydrogens (tertiary/aromatic N) is 2. The van der Waals surface area contributed by atoms with Crippen LogP contribution in [0.2, 0.25) is 0 Å². The molecule has 0 saturated carbocycles. The number of aliphatic hydroxyl groups is 1. The smallest absolute Gasteiger partial charge is 0.134 e. The van der Waals surface area contributed by atoms with Crippen LogP contribution < -0.4 is 0 Å². The predicted octanol–water partition coefficient (Wildman–Crippen LogP) is 1.93. The van der Waals surface area contributed by atoms with Crippen molar-refractivity contribution in [1.29, 1.82) is 0 Å². The highest BCUT2D eigenvalue weighted by Crippen LogP contribution is 2.25. The number of likely N-dealkylation sites (tertiary alicyclic amines) is 1. The minimum atomic E-state index is 0.213. The van der Waals surface area contributed by atoms with E-state index in [-0.39, 0.29) is 12.6 Å². The molecule has 0 spiro atoms. The van der Waals surface area contributed by atoms with Crippen LogP contribution in [0.15, 0.2) is 34.7 Å². The van der Waals surface area contributed by atoms with Crippen LogP contribution in [0.5, 0.6) is 0 Å². The van der Waals surface area contributed by atoms with E-state index >= 15 is 0 Å². The van der Waals surface area contributed by atoms with Crippen LogP contribution in [0.4, 0.5) is 0 Å². The molecular formula is C16H22N2O2. The molecule has 1 aliphatic heterocycles. The average molecular weight is 274 g/mol. The average Bonchev–Trinajstić information content (AvgIpc) is 3.01. The summed E-state index contributed by atoms with van der Waals surface area (Å²) in [5.41, 5.74) is 0.936. The lowest BCUT2D eigenvalue weighted by atomic mass is 10.1. The summed E-state index contributed by atoms with van der Waals surface area (Å²) >= 11 is 0. The molecule has 0 unspecified atom stereocenters. The fraction of sp³-hybridized carbons (Fsp3) is 0.500. The van der Waals surface area contributed by atoms with Crippen molar-refractivity contribution in [3.63, 3.8) is 0 Å². The van der Waals surface area contributed by atoms with Gasteiger partial charge in [-0.2, -0.15) is 0 Å². The van der Waals surface area contributed by atoms with Crippen LogP contribution >= 0.6 is 0 Å². The zero-order valence-corrected chi connectivity index (χ0v) is 12.1. The molecule has 0 aliphatic carbocycles. The van der Waals surface area contributed by atoms with Gasteiger partial charge in [-0.15, -0.1) is 0 Å². The van der Waals surface area contributed by atoms with Gasteiger partial charge < -0.3 is 14.4 Å². The van der Waals surface area contributed by atoms with E-state index in [0.717, 1.165) is 36.2 Å². The molecule has 108 valence electrons. The van der Waals surface area contributed by atoms with Gasteiger partial charge in [-0.25, -0.2) is 0 Å². The van der Waals surface area contributed by atoms with Crippen molar-refractivity contribution in [2.75, 3.05) is 27.2 Å². The summed E-state index contributed by atoms with van der Waals surface area (Å²) < 4.78 is 5.88. The van der Waals surface area contributed by atoms with E-state index < -0.39 is 0 Å². The van der Waals surface area contributed by atoms with Gasteiger partial charge in [0.25, 0.3) is 0 Å². The Hall–Kier alpha value is -1.36. The van der Waals surface area contributed by atoms with E-state index in [9.17, 15) is 5.11 Å². The van der Waals surface area contributed by atoms with Crippen molar-refractivity contribution >= 4 is 11.0 Å². The monoisotopic (exact) mass is 274 g/mol. The molecule has 1 aromatic carbocycles. The molecule has 2 atom stereocenters. The van der Waals surface area contributed by atoms with Crippen molar-refractivity contribution < 1.29 is 9.52 Å². The minimum absolute atomic E-state index is 0.213. The Kier molecular flexibility index (Phi) is 3.78. The quantitative estimate of drug-likeness (QED) is 0.925. The van der Waals surface area contributed by atoms with E-state index in [2.05, 4.69) is 36.0 Å². The lowest BCUT2D eigenvalue weighted by Gasteiger charge is -2.21. The fourth-order valence-corrected chi connectivity index (χ4v) is 3.03. The van der Waals surface area contributed by atoms with Crippen LogP contribution in [0.25, 0.3) is 11.0 Å². The van der Waals surface area contributed by atoms with Gasteiger partial charge in [-0.05, 0) is 32.6 Å². The van der Waals surface area contributed by atoms with Gasteiger partial charge in [0, 0.05) is 24.0 Å². The number of furan rings is 1. The molecule has 1 aromatic heterocycles. The third kappa shape index (κ3) is 2.59. The Morgan fingerprint density at radius 2 is 2.15 bits per heavy atom. The van der Waals surface area contributed by atoms with Crippen molar-refractivity contribution in [2.45, 2.75) is 25.0 Å². The Morgan fingerprint density at radius 1 is 1.35 bits per heavy atom. The number of hydrogen-bond acceptors (Lipinski definition) is 4. The number of likely N-dealkylation sites (N-methyl/N-ethyl adjacent to an activating group) is 1. The van der Waals surface area contributed by atoms with Crippen LogP contribution in [0.1, 0.15) is 12.2 Å². The fourth-order valence-electron chi connectivity index (χ4n) is 3.03. The highest BCUT2D eigenvalue weighted by atomic mass is 16.3. The van der Waals surface area contributed by atoms with Gasteiger partial charge in [0.2, 0.25) is 0 Å². The van der Waals surface area contributed by atoms with Crippen molar-refractivity contribution in [1.82, 2.24) is 9.80 Å². The Bertz CT molecular complexity index is 546. The molecule has 1 saturated heterocycles. The van der Waals surface area contributed by atoms with E-state index in [1.165, 1.54) is 0 Å². The standard InChI is InChI=1S/C16H22N2O2/c1-17(2)13-8-14(11-19)18(9-13)10-15-7-12-5-3-4-6-16(12)20-15/h3-7,13-14,19H,8-11H2,1-2H3/t13-,14+/m1/s1. The summed E-state index contributed by atoms with van der Waals surface area (Å²) in [6.45, 7) is 1.96. The molecule has 2 aromatic rings. The van der Waals surface area contributed by atoms with Gasteiger partial charge in [-0.3, -0.25) is 4.90 Å². The Labute approximate surface area is 119 Å². The lowest BCUT2D eigenvalue weighted by molar-refractivity contribution is 0.146. The number of benzene rings is 1. The van der Waals surface area contributed by atoms with Crippen LogP contribution in [0, 0.1) is 0 Å². The highest BCUT2D eigenvalue weighted by molar-refractivity contribution is 5.77. The highest BCUT2D eigenvalue weighted by Gasteiger charge is 2.33. The third-order valence-corrected chi connectivity index (χ3v) is 4.28. The summed E-state index contributed by atoms with van der Waals surface area (Å²) in [6, 6.07) is 10.9. The van der Waals surface area contributed by atoms with Gasteiger partial charge >= 0.3 is 0 Å². The maximum Gasteiger partial charge on any atom is 0.134 e. The predicted molar refractivity (Wildman–Crippen MR) is 79.6 cm³/mol. The van der Waals surface area contributed by atoms with Crippen molar-refractivity contribution in [2.24, 2.45) is 0 Å². The first-order chi connectivity index (χ1) is 9.67. The first kappa shape index (κ1) is 13.6. The minimum Gasteiger partial charge on any atom is -0.460 e. The summed E-state index contributed by atoms with van der Waals surface area (Å²) in [4.78, 5) is 4.56. The first-order valence-corrected chi connectivity index (χ1v) is 7.16. The zero-order valence-electron chi connectivity index (χ0n) is 12.1. The number of rotatable bonds is 4. The lowest BCUT2D eigenvalue weighted by Crippen LogP contribution is -2.33. The third-order valence-electron chi connectivity index (χ3n) is 4.28. The molecule has 2 heterocycles.